The fourth-order valence-electron chi connectivity index (χ4n) is 3.01. The van der Waals surface area contributed by atoms with Gasteiger partial charge in [-0.2, -0.15) is 0 Å². The SMILES string of the molecule is Cc1cccc(C)c1NC(=O)CN(C)Cc1cc2c(cc1Br)OCCO2. The van der Waals surface area contributed by atoms with Gasteiger partial charge in [0.25, 0.3) is 0 Å². The first-order valence-electron chi connectivity index (χ1n) is 8.56. The van der Waals surface area contributed by atoms with Crippen LogP contribution in [0, 0.1) is 13.8 Å². The molecule has 0 fully saturated rings. The molecule has 6 heteroatoms. The Morgan fingerprint density at radius 2 is 1.77 bits per heavy atom. The number of aryl methyl sites for hydroxylation is 2. The van der Waals surface area contributed by atoms with E-state index in [1.807, 2.05) is 56.1 Å². The number of carbonyl (C=O) groups excluding carboxylic acids is 1. The van der Waals surface area contributed by atoms with E-state index in [9.17, 15) is 4.79 Å². The Kier molecular flexibility index (Phi) is 5.84. The molecule has 0 spiro atoms. The van der Waals surface area contributed by atoms with Crippen molar-refractivity contribution in [1.29, 1.82) is 0 Å². The number of fused-ring (bicyclic) bond motifs is 1. The van der Waals surface area contributed by atoms with E-state index in [4.69, 9.17) is 9.47 Å². The molecule has 1 aliphatic heterocycles. The van der Waals surface area contributed by atoms with Crippen molar-refractivity contribution in [1.82, 2.24) is 4.90 Å². The molecule has 2 aromatic rings. The number of ether oxygens (including phenoxy) is 2. The number of nitrogens with zero attached hydrogens (tertiary/aromatic N) is 1. The van der Waals surface area contributed by atoms with Crippen molar-refractivity contribution in [3.63, 3.8) is 0 Å². The monoisotopic (exact) mass is 418 g/mol. The molecule has 138 valence electrons. The third kappa shape index (κ3) is 4.37. The number of hydrogen-bond acceptors (Lipinski definition) is 4. The van der Waals surface area contributed by atoms with Crippen molar-refractivity contribution in [3.8, 4) is 11.5 Å². The zero-order valence-electron chi connectivity index (χ0n) is 15.3. The molecule has 1 heterocycles. The average Bonchev–Trinajstić information content (AvgIpc) is 2.59. The lowest BCUT2D eigenvalue weighted by atomic mass is 10.1. The fourth-order valence-corrected chi connectivity index (χ4v) is 3.46. The number of para-hydroxylation sites is 1. The molecular formula is C20H23BrN2O3. The van der Waals surface area contributed by atoms with E-state index < -0.39 is 0 Å². The van der Waals surface area contributed by atoms with E-state index in [0.717, 1.165) is 38.3 Å². The summed E-state index contributed by atoms with van der Waals surface area (Å²) in [7, 11) is 1.92. The van der Waals surface area contributed by atoms with Crippen molar-refractivity contribution in [2.45, 2.75) is 20.4 Å². The topological polar surface area (TPSA) is 50.8 Å². The number of rotatable bonds is 5. The lowest BCUT2D eigenvalue weighted by Gasteiger charge is -2.22. The second-order valence-corrected chi connectivity index (χ2v) is 7.43. The molecule has 1 aliphatic rings. The van der Waals surface area contributed by atoms with Gasteiger partial charge in [-0.15, -0.1) is 0 Å². The Hall–Kier alpha value is -2.05. The van der Waals surface area contributed by atoms with Crippen LogP contribution in [0.15, 0.2) is 34.8 Å². The van der Waals surface area contributed by atoms with Gasteiger partial charge in [0, 0.05) is 16.7 Å². The largest absolute Gasteiger partial charge is 0.486 e. The molecule has 0 radical (unpaired) electrons. The summed E-state index contributed by atoms with van der Waals surface area (Å²) in [5.41, 5.74) is 4.08. The van der Waals surface area contributed by atoms with Gasteiger partial charge >= 0.3 is 0 Å². The van der Waals surface area contributed by atoms with Crippen LogP contribution in [0.5, 0.6) is 11.5 Å². The zero-order chi connectivity index (χ0) is 18.7. The summed E-state index contributed by atoms with van der Waals surface area (Å²) in [6, 6.07) is 9.88. The predicted molar refractivity (Wildman–Crippen MR) is 106 cm³/mol. The highest BCUT2D eigenvalue weighted by atomic mass is 79.9. The molecule has 1 N–H and O–H groups in total. The lowest BCUT2D eigenvalue weighted by molar-refractivity contribution is -0.117. The van der Waals surface area contributed by atoms with Gasteiger partial charge in [-0.1, -0.05) is 34.1 Å². The number of anilines is 1. The van der Waals surface area contributed by atoms with E-state index >= 15 is 0 Å². The second kappa shape index (κ2) is 8.10. The molecule has 0 saturated heterocycles. The van der Waals surface area contributed by atoms with Crippen molar-refractivity contribution < 1.29 is 14.3 Å². The van der Waals surface area contributed by atoms with Gasteiger partial charge in [0.2, 0.25) is 5.91 Å². The first-order valence-corrected chi connectivity index (χ1v) is 9.36. The van der Waals surface area contributed by atoms with Crippen LogP contribution in [-0.4, -0.2) is 37.6 Å². The van der Waals surface area contributed by atoms with Crippen LogP contribution in [0.4, 0.5) is 5.69 Å². The molecule has 0 unspecified atom stereocenters. The summed E-state index contributed by atoms with van der Waals surface area (Å²) in [5, 5.41) is 3.02. The highest BCUT2D eigenvalue weighted by Crippen LogP contribution is 2.35. The molecule has 0 bridgehead atoms. The minimum atomic E-state index is -0.0291. The molecule has 1 amide bonds. The number of benzene rings is 2. The number of likely N-dealkylation sites (N-methyl/N-ethyl adjacent to an activating group) is 1. The molecule has 0 saturated carbocycles. The maximum Gasteiger partial charge on any atom is 0.238 e. The molecule has 0 atom stereocenters. The maximum absolute atomic E-state index is 12.4. The summed E-state index contributed by atoms with van der Waals surface area (Å²) >= 11 is 3.58. The minimum absolute atomic E-state index is 0.0291. The Bertz CT molecular complexity index is 803. The van der Waals surface area contributed by atoms with Gasteiger partial charge in [-0.25, -0.2) is 0 Å². The molecule has 2 aromatic carbocycles. The summed E-state index contributed by atoms with van der Waals surface area (Å²) in [4.78, 5) is 14.4. The van der Waals surface area contributed by atoms with E-state index in [1.54, 1.807) is 0 Å². The summed E-state index contributed by atoms with van der Waals surface area (Å²) in [6.45, 7) is 6.04. The number of halogens is 1. The minimum Gasteiger partial charge on any atom is -0.486 e. The van der Waals surface area contributed by atoms with Gasteiger partial charge in [0.05, 0.1) is 6.54 Å². The van der Waals surface area contributed by atoms with Crippen molar-refractivity contribution in [2.24, 2.45) is 0 Å². The lowest BCUT2D eigenvalue weighted by Crippen LogP contribution is -2.30. The van der Waals surface area contributed by atoms with Gasteiger partial charge in [0.1, 0.15) is 13.2 Å². The third-order valence-electron chi connectivity index (χ3n) is 4.31. The average molecular weight is 419 g/mol. The van der Waals surface area contributed by atoms with Crippen LogP contribution in [0.1, 0.15) is 16.7 Å². The van der Waals surface area contributed by atoms with Gasteiger partial charge in [0.15, 0.2) is 11.5 Å². The summed E-state index contributed by atoms with van der Waals surface area (Å²) < 4.78 is 12.2. The van der Waals surface area contributed by atoms with Crippen LogP contribution in [0.2, 0.25) is 0 Å². The first-order chi connectivity index (χ1) is 12.4. The van der Waals surface area contributed by atoms with Crippen LogP contribution in [0.25, 0.3) is 0 Å². The fraction of sp³-hybridized carbons (Fsp3) is 0.350. The Morgan fingerprint density at radius 3 is 2.42 bits per heavy atom. The standard InChI is InChI=1S/C20H23BrN2O3/c1-13-5-4-6-14(2)20(13)22-19(24)12-23(3)11-15-9-17-18(10-16(15)21)26-8-7-25-17/h4-6,9-10H,7-8,11-12H2,1-3H3,(H,22,24). The molecule has 5 nitrogen and oxygen atoms in total. The zero-order valence-corrected chi connectivity index (χ0v) is 16.9. The van der Waals surface area contributed by atoms with E-state index in [2.05, 4.69) is 21.2 Å². The first kappa shape index (κ1) is 18.7. The van der Waals surface area contributed by atoms with Crippen LogP contribution in [-0.2, 0) is 11.3 Å². The van der Waals surface area contributed by atoms with Crippen molar-refractivity contribution in [2.75, 3.05) is 32.1 Å². The van der Waals surface area contributed by atoms with Crippen LogP contribution >= 0.6 is 15.9 Å². The number of carbonyl (C=O) groups is 1. The molecular weight excluding hydrogens is 396 g/mol. The van der Waals surface area contributed by atoms with Crippen LogP contribution < -0.4 is 14.8 Å². The van der Waals surface area contributed by atoms with E-state index in [0.29, 0.717) is 26.3 Å². The predicted octanol–water partition coefficient (Wildman–Crippen LogP) is 3.91. The van der Waals surface area contributed by atoms with Gasteiger partial charge in [-0.3, -0.25) is 9.69 Å². The van der Waals surface area contributed by atoms with Crippen molar-refractivity contribution >= 4 is 27.5 Å². The van der Waals surface area contributed by atoms with E-state index in [1.165, 1.54) is 0 Å². The van der Waals surface area contributed by atoms with Crippen LogP contribution in [0.3, 0.4) is 0 Å². The quantitative estimate of drug-likeness (QED) is 0.799. The van der Waals surface area contributed by atoms with Gasteiger partial charge in [-0.05, 0) is 49.7 Å². The third-order valence-corrected chi connectivity index (χ3v) is 5.05. The summed E-state index contributed by atoms with van der Waals surface area (Å²) in [5.74, 6) is 1.48. The Labute approximate surface area is 162 Å². The normalized spacial score (nSPS) is 13.0. The van der Waals surface area contributed by atoms with Crippen molar-refractivity contribution in [3.05, 3.63) is 51.5 Å². The highest BCUT2D eigenvalue weighted by Gasteiger charge is 2.17. The summed E-state index contributed by atoms with van der Waals surface area (Å²) in [6.07, 6.45) is 0. The molecule has 0 aliphatic carbocycles. The highest BCUT2D eigenvalue weighted by molar-refractivity contribution is 9.10. The van der Waals surface area contributed by atoms with Gasteiger partial charge < -0.3 is 14.8 Å². The second-order valence-electron chi connectivity index (χ2n) is 6.57. The number of nitrogens with one attached hydrogen (secondary N) is 1. The molecule has 26 heavy (non-hydrogen) atoms. The number of hydrogen-bond donors (Lipinski definition) is 1. The van der Waals surface area contributed by atoms with E-state index in [-0.39, 0.29) is 5.91 Å². The number of amides is 1. The molecule has 0 aromatic heterocycles. The Morgan fingerprint density at radius 1 is 1.15 bits per heavy atom. The smallest absolute Gasteiger partial charge is 0.238 e. The maximum atomic E-state index is 12.4. The molecule has 3 rings (SSSR count). The Balaban J connectivity index is 1.63.